The first-order chi connectivity index (χ1) is 20.0. The molecule has 0 rings (SSSR count). The molecular formula is C35H65NO5. The minimum absolute atomic E-state index is 0.273. The van der Waals surface area contributed by atoms with Gasteiger partial charge in [-0.2, -0.15) is 0 Å². The maximum atomic E-state index is 12.3. The van der Waals surface area contributed by atoms with E-state index >= 15 is 0 Å². The fourth-order valence-electron chi connectivity index (χ4n) is 4.77. The number of carbonyl (C=O) groups excluding carboxylic acids is 1. The van der Waals surface area contributed by atoms with E-state index in [-0.39, 0.29) is 6.42 Å². The first-order valence-corrected chi connectivity index (χ1v) is 16.9. The van der Waals surface area contributed by atoms with E-state index in [1.54, 1.807) is 0 Å². The SMILES string of the molecule is CCCCCC/C=C\CCC(O)C(=O)NC(CO)C(O)C(O)CCC/C=C/CC/C=C/CCCCCCCCCC. The summed E-state index contributed by atoms with van der Waals surface area (Å²) in [7, 11) is 0. The number of unbranched alkanes of at least 4 members (excludes halogenated alkanes) is 14. The first-order valence-electron chi connectivity index (χ1n) is 16.9. The molecule has 0 aromatic carbocycles. The number of amides is 1. The van der Waals surface area contributed by atoms with Gasteiger partial charge in [-0.15, -0.1) is 0 Å². The molecular weight excluding hydrogens is 514 g/mol. The van der Waals surface area contributed by atoms with E-state index < -0.39 is 36.9 Å². The van der Waals surface area contributed by atoms with Crippen molar-refractivity contribution in [2.45, 2.75) is 173 Å². The van der Waals surface area contributed by atoms with Crippen LogP contribution in [-0.4, -0.2) is 57.3 Å². The molecule has 0 heterocycles. The molecule has 0 spiro atoms. The van der Waals surface area contributed by atoms with Crippen LogP contribution in [0, 0.1) is 0 Å². The third kappa shape index (κ3) is 24.8. The minimum Gasteiger partial charge on any atom is -0.394 e. The molecule has 0 bridgehead atoms. The van der Waals surface area contributed by atoms with Crippen molar-refractivity contribution in [3.8, 4) is 0 Å². The normalized spacial score (nSPS) is 15.2. The van der Waals surface area contributed by atoms with E-state index in [0.717, 1.165) is 32.1 Å². The molecule has 41 heavy (non-hydrogen) atoms. The van der Waals surface area contributed by atoms with E-state index in [1.165, 1.54) is 77.0 Å². The van der Waals surface area contributed by atoms with Gasteiger partial charge in [0.15, 0.2) is 0 Å². The van der Waals surface area contributed by atoms with E-state index in [9.17, 15) is 25.2 Å². The Balaban J connectivity index is 3.95. The molecule has 4 atom stereocenters. The minimum atomic E-state index is -1.30. The third-order valence-electron chi connectivity index (χ3n) is 7.56. The maximum Gasteiger partial charge on any atom is 0.249 e. The third-order valence-corrected chi connectivity index (χ3v) is 7.56. The lowest BCUT2D eigenvalue weighted by atomic mass is 10.0. The highest BCUT2D eigenvalue weighted by atomic mass is 16.3. The molecule has 6 heteroatoms. The lowest BCUT2D eigenvalue weighted by Crippen LogP contribution is -2.53. The van der Waals surface area contributed by atoms with Crippen LogP contribution in [0.4, 0.5) is 0 Å². The Labute approximate surface area is 252 Å². The molecule has 0 aliphatic heterocycles. The van der Waals surface area contributed by atoms with Gasteiger partial charge in [-0.05, 0) is 70.6 Å². The second kappa shape index (κ2) is 30.0. The molecule has 0 fully saturated rings. The van der Waals surface area contributed by atoms with Crippen molar-refractivity contribution in [2.75, 3.05) is 6.61 Å². The highest BCUT2D eigenvalue weighted by molar-refractivity contribution is 5.80. The zero-order chi connectivity index (χ0) is 30.4. The van der Waals surface area contributed by atoms with Crippen LogP contribution in [0.25, 0.3) is 0 Å². The second-order valence-corrected chi connectivity index (χ2v) is 11.5. The van der Waals surface area contributed by atoms with Crippen LogP contribution in [0.5, 0.6) is 0 Å². The van der Waals surface area contributed by atoms with Crippen molar-refractivity contribution >= 4 is 5.91 Å². The number of hydrogen-bond acceptors (Lipinski definition) is 5. The van der Waals surface area contributed by atoms with Gasteiger partial charge in [0.05, 0.1) is 18.8 Å². The number of rotatable bonds is 29. The summed E-state index contributed by atoms with van der Waals surface area (Å²) in [6, 6.07) is -1.02. The summed E-state index contributed by atoms with van der Waals surface area (Å²) >= 11 is 0. The fourth-order valence-corrected chi connectivity index (χ4v) is 4.77. The molecule has 6 nitrogen and oxygen atoms in total. The van der Waals surface area contributed by atoms with Crippen LogP contribution < -0.4 is 5.32 Å². The molecule has 0 aliphatic rings. The summed E-state index contributed by atoms with van der Waals surface area (Å²) in [6.45, 7) is 3.93. The van der Waals surface area contributed by atoms with Gasteiger partial charge < -0.3 is 25.7 Å². The Hall–Kier alpha value is -1.47. The fraction of sp³-hybridized carbons (Fsp3) is 0.800. The Morgan fingerprint density at radius 2 is 1.02 bits per heavy atom. The molecule has 0 aromatic rings. The molecule has 5 N–H and O–H groups in total. The van der Waals surface area contributed by atoms with Crippen LogP contribution >= 0.6 is 0 Å². The van der Waals surface area contributed by atoms with Crippen molar-refractivity contribution in [2.24, 2.45) is 0 Å². The smallest absolute Gasteiger partial charge is 0.249 e. The lowest BCUT2D eigenvalue weighted by Gasteiger charge is -2.27. The van der Waals surface area contributed by atoms with Crippen LogP contribution in [0.3, 0.4) is 0 Å². The molecule has 0 saturated heterocycles. The average Bonchev–Trinajstić information content (AvgIpc) is 2.98. The van der Waals surface area contributed by atoms with Crippen molar-refractivity contribution in [1.29, 1.82) is 0 Å². The van der Waals surface area contributed by atoms with Crippen molar-refractivity contribution < 1.29 is 25.2 Å². The van der Waals surface area contributed by atoms with Crippen LogP contribution in [0.2, 0.25) is 0 Å². The largest absolute Gasteiger partial charge is 0.394 e. The monoisotopic (exact) mass is 579 g/mol. The number of carbonyl (C=O) groups is 1. The van der Waals surface area contributed by atoms with Crippen molar-refractivity contribution in [3.05, 3.63) is 36.5 Å². The highest BCUT2D eigenvalue weighted by Gasteiger charge is 2.28. The Kier molecular flexibility index (Phi) is 28.9. The quantitative estimate of drug-likeness (QED) is 0.0467. The number of hydrogen-bond donors (Lipinski definition) is 5. The first kappa shape index (κ1) is 39.5. The van der Waals surface area contributed by atoms with Gasteiger partial charge in [0, 0.05) is 0 Å². The standard InChI is InChI=1S/C35H65NO5/c1-3-5-7-9-11-13-14-15-16-17-18-19-20-21-23-24-26-28-32(38)34(40)31(30-37)36-35(41)33(39)29-27-25-22-12-10-8-6-4-2/h17-18,21-23,25,31-34,37-40H,3-16,19-20,24,26-30H2,1-2H3,(H,36,41)/b18-17+,23-21+,25-22-. The van der Waals surface area contributed by atoms with E-state index in [4.69, 9.17) is 0 Å². The molecule has 240 valence electrons. The average molecular weight is 580 g/mol. The molecule has 0 aromatic heterocycles. The lowest BCUT2D eigenvalue weighted by molar-refractivity contribution is -0.132. The van der Waals surface area contributed by atoms with Gasteiger partial charge >= 0.3 is 0 Å². The molecule has 4 unspecified atom stereocenters. The predicted octanol–water partition coefficient (Wildman–Crippen LogP) is 7.45. The summed E-state index contributed by atoms with van der Waals surface area (Å²) < 4.78 is 0. The van der Waals surface area contributed by atoms with Gasteiger partial charge in [-0.3, -0.25) is 4.79 Å². The number of allylic oxidation sites excluding steroid dienone is 6. The number of aliphatic hydroxyl groups excluding tert-OH is 4. The summed E-state index contributed by atoms with van der Waals surface area (Å²) in [5.74, 6) is -0.638. The Bertz CT molecular complexity index is 663. The van der Waals surface area contributed by atoms with Gasteiger partial charge in [0.25, 0.3) is 0 Å². The molecule has 0 radical (unpaired) electrons. The van der Waals surface area contributed by atoms with Crippen LogP contribution in [0.1, 0.15) is 149 Å². The molecule has 0 aliphatic carbocycles. The molecule has 0 saturated carbocycles. The summed E-state index contributed by atoms with van der Waals surface area (Å²) in [6.07, 6.45) is 31.9. The second-order valence-electron chi connectivity index (χ2n) is 11.5. The van der Waals surface area contributed by atoms with Crippen molar-refractivity contribution in [1.82, 2.24) is 5.32 Å². The zero-order valence-electron chi connectivity index (χ0n) is 26.5. The predicted molar refractivity (Wildman–Crippen MR) is 173 cm³/mol. The van der Waals surface area contributed by atoms with Crippen LogP contribution in [0.15, 0.2) is 36.5 Å². The van der Waals surface area contributed by atoms with E-state index in [1.807, 2.05) is 6.08 Å². The van der Waals surface area contributed by atoms with E-state index in [0.29, 0.717) is 19.3 Å². The summed E-state index contributed by atoms with van der Waals surface area (Å²) in [4.78, 5) is 12.3. The number of aliphatic hydroxyl groups is 4. The van der Waals surface area contributed by atoms with Gasteiger partial charge in [0.2, 0.25) is 5.91 Å². The summed E-state index contributed by atoms with van der Waals surface area (Å²) in [5.41, 5.74) is 0. The summed E-state index contributed by atoms with van der Waals surface area (Å²) in [5, 5.41) is 43.1. The highest BCUT2D eigenvalue weighted by Crippen LogP contribution is 2.12. The Morgan fingerprint density at radius 3 is 1.56 bits per heavy atom. The van der Waals surface area contributed by atoms with Gasteiger partial charge in [0.1, 0.15) is 12.2 Å². The topological polar surface area (TPSA) is 110 Å². The zero-order valence-corrected chi connectivity index (χ0v) is 26.5. The number of nitrogens with one attached hydrogen (secondary N) is 1. The molecule has 1 amide bonds. The Morgan fingerprint density at radius 1 is 0.585 bits per heavy atom. The van der Waals surface area contributed by atoms with Gasteiger partial charge in [-0.1, -0.05) is 115 Å². The maximum absolute atomic E-state index is 12.3. The van der Waals surface area contributed by atoms with Crippen LogP contribution in [-0.2, 0) is 4.79 Å². The van der Waals surface area contributed by atoms with Gasteiger partial charge in [-0.25, -0.2) is 0 Å². The van der Waals surface area contributed by atoms with Crippen molar-refractivity contribution in [3.63, 3.8) is 0 Å². The van der Waals surface area contributed by atoms with E-state index in [2.05, 4.69) is 49.5 Å².